The molecule has 102 valence electrons. The van der Waals surface area contributed by atoms with Gasteiger partial charge in [0.1, 0.15) is 10.7 Å². The van der Waals surface area contributed by atoms with Gasteiger partial charge in [0.2, 0.25) is 0 Å². The molecule has 0 fully saturated rings. The van der Waals surface area contributed by atoms with Gasteiger partial charge in [0.05, 0.1) is 17.1 Å². The molecule has 0 unspecified atom stereocenters. The zero-order chi connectivity index (χ0) is 14.2. The number of hydrogen-bond acceptors (Lipinski definition) is 4. The predicted octanol–water partition coefficient (Wildman–Crippen LogP) is 3.26. The summed E-state index contributed by atoms with van der Waals surface area (Å²) in [5.74, 6) is -0.187. The third-order valence-electron chi connectivity index (χ3n) is 2.68. The summed E-state index contributed by atoms with van der Waals surface area (Å²) in [5, 5.41) is 7.07. The fourth-order valence-corrected chi connectivity index (χ4v) is 2.76. The number of aryl methyl sites for hydroxylation is 1. The van der Waals surface area contributed by atoms with E-state index in [1.54, 1.807) is 10.1 Å². The van der Waals surface area contributed by atoms with Crippen molar-refractivity contribution in [3.63, 3.8) is 0 Å². The first-order valence-electron chi connectivity index (χ1n) is 5.92. The number of halogens is 1. The van der Waals surface area contributed by atoms with Gasteiger partial charge in [-0.05, 0) is 0 Å². The van der Waals surface area contributed by atoms with E-state index in [1.165, 1.54) is 11.3 Å². The van der Waals surface area contributed by atoms with Gasteiger partial charge in [-0.15, -0.1) is 22.9 Å². The second-order valence-corrected chi connectivity index (χ2v) is 6.54. The van der Waals surface area contributed by atoms with Gasteiger partial charge in [0, 0.05) is 24.0 Å². The number of ketones is 1. The molecule has 0 aliphatic heterocycles. The van der Waals surface area contributed by atoms with Crippen molar-refractivity contribution >= 4 is 28.7 Å². The minimum Gasteiger partial charge on any atom is -0.291 e. The van der Waals surface area contributed by atoms with Crippen LogP contribution in [0.3, 0.4) is 0 Å². The van der Waals surface area contributed by atoms with Gasteiger partial charge < -0.3 is 0 Å². The molecule has 0 saturated heterocycles. The summed E-state index contributed by atoms with van der Waals surface area (Å²) < 4.78 is 1.78. The van der Waals surface area contributed by atoms with Crippen LogP contribution in [0.15, 0.2) is 11.6 Å². The highest BCUT2D eigenvalue weighted by molar-refractivity contribution is 7.13. The van der Waals surface area contributed by atoms with Crippen molar-refractivity contribution in [3.05, 3.63) is 23.0 Å². The average molecular weight is 298 g/mol. The van der Waals surface area contributed by atoms with Gasteiger partial charge >= 0.3 is 0 Å². The van der Waals surface area contributed by atoms with Crippen molar-refractivity contribution in [1.29, 1.82) is 0 Å². The Morgan fingerprint density at radius 2 is 2.16 bits per heavy atom. The number of thiazole rings is 1. The SMILES string of the molecule is Cn1cc(-c2nc(C(=O)CCl)cs2)c(C(C)(C)C)n1. The van der Waals surface area contributed by atoms with E-state index in [9.17, 15) is 4.79 Å². The zero-order valence-electron chi connectivity index (χ0n) is 11.4. The fourth-order valence-electron chi connectivity index (χ4n) is 1.79. The molecule has 0 aromatic carbocycles. The predicted molar refractivity (Wildman–Crippen MR) is 78.1 cm³/mol. The minimum absolute atomic E-state index is 0.0393. The van der Waals surface area contributed by atoms with E-state index >= 15 is 0 Å². The van der Waals surface area contributed by atoms with E-state index in [0.29, 0.717) is 5.69 Å². The van der Waals surface area contributed by atoms with Crippen LogP contribution in [0.5, 0.6) is 0 Å². The number of aromatic nitrogens is 3. The lowest BCUT2D eigenvalue weighted by Crippen LogP contribution is -2.13. The average Bonchev–Trinajstić information content (AvgIpc) is 2.92. The Morgan fingerprint density at radius 1 is 1.47 bits per heavy atom. The molecule has 0 atom stereocenters. The van der Waals surface area contributed by atoms with E-state index in [-0.39, 0.29) is 17.1 Å². The second kappa shape index (κ2) is 5.06. The first-order valence-corrected chi connectivity index (χ1v) is 7.33. The molecule has 2 aromatic rings. The molecule has 19 heavy (non-hydrogen) atoms. The van der Waals surface area contributed by atoms with Crippen LogP contribution in [0.25, 0.3) is 10.6 Å². The van der Waals surface area contributed by atoms with E-state index in [2.05, 4.69) is 30.9 Å². The molecule has 2 aromatic heterocycles. The zero-order valence-corrected chi connectivity index (χ0v) is 13.0. The standard InChI is InChI=1S/C13H16ClN3OS/c1-13(2,3)11-8(6-17(4)16-11)12-15-9(7-19-12)10(18)5-14/h6-7H,5H2,1-4H3. The number of Topliss-reactive ketones (excluding diaryl/α,β-unsaturated/α-hetero) is 1. The van der Waals surface area contributed by atoms with Crippen LogP contribution in [-0.4, -0.2) is 26.4 Å². The molecule has 0 radical (unpaired) electrons. The van der Waals surface area contributed by atoms with Crippen LogP contribution >= 0.6 is 22.9 Å². The summed E-state index contributed by atoms with van der Waals surface area (Å²) in [7, 11) is 1.89. The minimum atomic E-state index is -0.148. The van der Waals surface area contributed by atoms with Gasteiger partial charge in [0.25, 0.3) is 0 Å². The topological polar surface area (TPSA) is 47.8 Å². The number of hydrogen-bond donors (Lipinski definition) is 0. The molecule has 6 heteroatoms. The third kappa shape index (κ3) is 2.87. The van der Waals surface area contributed by atoms with Crippen LogP contribution in [0.2, 0.25) is 0 Å². The van der Waals surface area contributed by atoms with Crippen LogP contribution < -0.4 is 0 Å². The number of alkyl halides is 1. The van der Waals surface area contributed by atoms with Crippen LogP contribution in [0.1, 0.15) is 37.0 Å². The van der Waals surface area contributed by atoms with E-state index < -0.39 is 0 Å². The van der Waals surface area contributed by atoms with Gasteiger partial charge in [-0.3, -0.25) is 9.48 Å². The molecule has 0 spiro atoms. The summed E-state index contributed by atoms with van der Waals surface area (Å²) in [6.45, 7) is 6.33. The lowest BCUT2D eigenvalue weighted by atomic mass is 9.90. The summed E-state index contributed by atoms with van der Waals surface area (Å²) in [6, 6.07) is 0. The summed E-state index contributed by atoms with van der Waals surface area (Å²) >= 11 is 6.99. The highest BCUT2D eigenvalue weighted by atomic mass is 35.5. The van der Waals surface area contributed by atoms with Crippen molar-refractivity contribution in [2.75, 3.05) is 5.88 Å². The molecule has 2 rings (SSSR count). The van der Waals surface area contributed by atoms with Crippen LogP contribution in [0.4, 0.5) is 0 Å². The molecule has 0 bridgehead atoms. The Bertz CT molecular complexity index is 610. The van der Waals surface area contributed by atoms with E-state index in [4.69, 9.17) is 11.6 Å². The molecular weight excluding hydrogens is 282 g/mol. The van der Waals surface area contributed by atoms with Gasteiger partial charge in [-0.2, -0.15) is 5.10 Å². The number of carbonyl (C=O) groups excluding carboxylic acids is 1. The maximum atomic E-state index is 11.5. The maximum absolute atomic E-state index is 11.5. The Balaban J connectivity index is 2.48. The first kappa shape index (κ1) is 14.2. The third-order valence-corrected chi connectivity index (χ3v) is 3.80. The Labute approximate surface area is 121 Å². The molecule has 0 aliphatic carbocycles. The molecule has 4 nitrogen and oxygen atoms in total. The van der Waals surface area contributed by atoms with Gasteiger partial charge in [-0.25, -0.2) is 4.98 Å². The molecule has 0 amide bonds. The van der Waals surface area contributed by atoms with E-state index in [1.807, 2.05) is 13.2 Å². The quantitative estimate of drug-likeness (QED) is 0.645. The lowest BCUT2D eigenvalue weighted by molar-refractivity contribution is 0.101. The maximum Gasteiger partial charge on any atom is 0.196 e. The molecule has 0 saturated carbocycles. The lowest BCUT2D eigenvalue weighted by Gasteiger charge is -2.16. The largest absolute Gasteiger partial charge is 0.291 e. The van der Waals surface area contributed by atoms with E-state index in [0.717, 1.165) is 16.3 Å². The normalized spacial score (nSPS) is 11.8. The first-order chi connectivity index (χ1) is 8.82. The van der Waals surface area contributed by atoms with Crippen molar-refractivity contribution in [3.8, 4) is 10.6 Å². The Hall–Kier alpha value is -1.20. The molecular formula is C13H16ClN3OS. The van der Waals surface area contributed by atoms with Crippen molar-refractivity contribution in [1.82, 2.24) is 14.8 Å². The van der Waals surface area contributed by atoms with Crippen molar-refractivity contribution in [2.45, 2.75) is 26.2 Å². The summed E-state index contributed by atoms with van der Waals surface area (Å²) in [6.07, 6.45) is 1.94. The molecule has 2 heterocycles. The fraction of sp³-hybridized carbons (Fsp3) is 0.462. The summed E-state index contributed by atoms with van der Waals surface area (Å²) in [4.78, 5) is 15.9. The molecule has 0 aliphatic rings. The van der Waals surface area contributed by atoms with Crippen LogP contribution in [-0.2, 0) is 12.5 Å². The highest BCUT2D eigenvalue weighted by Crippen LogP contribution is 2.33. The summed E-state index contributed by atoms with van der Waals surface area (Å²) in [5.41, 5.74) is 2.32. The number of rotatable bonds is 3. The van der Waals surface area contributed by atoms with Gasteiger partial charge in [0.15, 0.2) is 5.78 Å². The Morgan fingerprint density at radius 3 is 2.74 bits per heavy atom. The monoisotopic (exact) mass is 297 g/mol. The van der Waals surface area contributed by atoms with Gasteiger partial charge in [-0.1, -0.05) is 20.8 Å². The Kier molecular flexibility index (Phi) is 3.78. The second-order valence-electron chi connectivity index (χ2n) is 5.41. The number of carbonyl (C=O) groups is 1. The van der Waals surface area contributed by atoms with Crippen LogP contribution in [0, 0.1) is 0 Å². The van der Waals surface area contributed by atoms with Crippen molar-refractivity contribution < 1.29 is 4.79 Å². The smallest absolute Gasteiger partial charge is 0.196 e. The van der Waals surface area contributed by atoms with Crippen molar-refractivity contribution in [2.24, 2.45) is 7.05 Å². The highest BCUT2D eigenvalue weighted by Gasteiger charge is 2.24. The number of nitrogens with zero attached hydrogens (tertiary/aromatic N) is 3. The molecule has 0 N–H and O–H groups in total.